The van der Waals surface area contributed by atoms with Crippen molar-refractivity contribution < 1.29 is 0 Å². The van der Waals surface area contributed by atoms with E-state index in [1.54, 1.807) is 24.4 Å². The van der Waals surface area contributed by atoms with Crippen molar-refractivity contribution in [2.24, 2.45) is 0 Å². The first-order chi connectivity index (χ1) is 7.70. The third kappa shape index (κ3) is 2.31. The van der Waals surface area contributed by atoms with Gasteiger partial charge in [-0.15, -0.1) is 0 Å². The molecule has 2 heterocycles. The van der Waals surface area contributed by atoms with E-state index < -0.39 is 0 Å². The maximum atomic E-state index is 6.02. The minimum atomic E-state index is 0.406. The lowest BCUT2D eigenvalue weighted by Crippen LogP contribution is -1.97. The van der Waals surface area contributed by atoms with Gasteiger partial charge in [0.1, 0.15) is 10.8 Å². The molecule has 0 fully saturated rings. The summed E-state index contributed by atoms with van der Waals surface area (Å²) in [5.74, 6) is 0.468. The molecule has 0 aliphatic rings. The molecule has 2 rings (SSSR count). The molecule has 0 atom stereocenters. The summed E-state index contributed by atoms with van der Waals surface area (Å²) in [7, 11) is 0. The maximum absolute atomic E-state index is 6.02. The molecular weight excluding hydrogens is 245 g/mol. The van der Waals surface area contributed by atoms with Crippen LogP contribution in [0.4, 0.5) is 0 Å². The fourth-order valence-electron chi connectivity index (χ4n) is 1.30. The fraction of sp³-hybridized carbons (Fsp3) is 0.182. The molecule has 2 aromatic heterocycles. The van der Waals surface area contributed by atoms with Gasteiger partial charge in [-0.2, -0.15) is 0 Å². The highest BCUT2D eigenvalue weighted by Crippen LogP contribution is 2.23. The van der Waals surface area contributed by atoms with Crippen LogP contribution < -0.4 is 0 Å². The van der Waals surface area contributed by atoms with E-state index in [9.17, 15) is 0 Å². The Hall–Kier alpha value is -1.19. The van der Waals surface area contributed by atoms with E-state index in [1.165, 1.54) is 0 Å². The van der Waals surface area contributed by atoms with Crippen LogP contribution >= 0.6 is 23.2 Å². The quantitative estimate of drug-likeness (QED) is 0.771. The smallest absolute Gasteiger partial charge is 0.181 e. The molecule has 0 spiro atoms. The molecule has 0 radical (unpaired) electrons. The highest BCUT2D eigenvalue weighted by atomic mass is 35.5. The Morgan fingerprint density at radius 1 is 1.25 bits per heavy atom. The summed E-state index contributed by atoms with van der Waals surface area (Å²) in [4.78, 5) is 12.6. The fourth-order valence-corrected chi connectivity index (χ4v) is 1.71. The molecule has 3 nitrogen and oxygen atoms in total. The van der Waals surface area contributed by atoms with Crippen molar-refractivity contribution in [2.75, 3.05) is 0 Å². The van der Waals surface area contributed by atoms with Gasteiger partial charge in [-0.05, 0) is 24.6 Å². The number of aryl methyl sites for hydroxylation is 1. The molecule has 0 N–H and O–H groups in total. The van der Waals surface area contributed by atoms with Crippen molar-refractivity contribution in [1.29, 1.82) is 0 Å². The first kappa shape index (κ1) is 11.3. The SMILES string of the molecule is CCc1cc(Cl)nc(-c2ncccc2Cl)n1. The van der Waals surface area contributed by atoms with E-state index in [4.69, 9.17) is 23.2 Å². The van der Waals surface area contributed by atoms with Crippen molar-refractivity contribution in [3.05, 3.63) is 40.3 Å². The third-order valence-electron chi connectivity index (χ3n) is 2.08. The van der Waals surface area contributed by atoms with Crippen LogP contribution in [0.1, 0.15) is 12.6 Å². The molecule has 0 saturated heterocycles. The average molecular weight is 254 g/mol. The Balaban J connectivity index is 2.56. The molecule has 2 aromatic rings. The second-order valence-electron chi connectivity index (χ2n) is 3.19. The summed E-state index contributed by atoms with van der Waals surface area (Å²) < 4.78 is 0. The molecule has 82 valence electrons. The molecule has 0 bridgehead atoms. The average Bonchev–Trinajstić information content (AvgIpc) is 2.28. The first-order valence-corrected chi connectivity index (χ1v) is 5.60. The van der Waals surface area contributed by atoms with Crippen molar-refractivity contribution >= 4 is 23.2 Å². The highest BCUT2D eigenvalue weighted by Gasteiger charge is 2.09. The zero-order valence-corrected chi connectivity index (χ0v) is 10.1. The van der Waals surface area contributed by atoms with Gasteiger partial charge in [-0.1, -0.05) is 30.1 Å². The topological polar surface area (TPSA) is 38.7 Å². The van der Waals surface area contributed by atoms with E-state index in [1.807, 2.05) is 6.92 Å². The third-order valence-corrected chi connectivity index (χ3v) is 2.58. The van der Waals surface area contributed by atoms with E-state index in [0.29, 0.717) is 21.7 Å². The predicted octanol–water partition coefficient (Wildman–Crippen LogP) is 3.41. The van der Waals surface area contributed by atoms with Gasteiger partial charge in [0, 0.05) is 11.9 Å². The van der Waals surface area contributed by atoms with Crippen LogP contribution in [-0.2, 0) is 6.42 Å². The molecule has 0 unspecified atom stereocenters. The van der Waals surface area contributed by atoms with E-state index >= 15 is 0 Å². The van der Waals surface area contributed by atoms with Crippen molar-refractivity contribution in [1.82, 2.24) is 15.0 Å². The first-order valence-electron chi connectivity index (χ1n) is 4.85. The number of halogens is 2. The number of nitrogens with zero attached hydrogens (tertiary/aromatic N) is 3. The lowest BCUT2D eigenvalue weighted by atomic mass is 10.3. The highest BCUT2D eigenvalue weighted by molar-refractivity contribution is 6.33. The molecule has 0 amide bonds. The van der Waals surface area contributed by atoms with Gasteiger partial charge in [0.2, 0.25) is 0 Å². The predicted molar refractivity (Wildman–Crippen MR) is 64.7 cm³/mol. The Morgan fingerprint density at radius 2 is 2.06 bits per heavy atom. The molecule has 5 heteroatoms. The summed E-state index contributed by atoms with van der Waals surface area (Å²) >= 11 is 11.9. The van der Waals surface area contributed by atoms with E-state index in [2.05, 4.69) is 15.0 Å². The summed E-state index contributed by atoms with van der Waals surface area (Å²) in [5.41, 5.74) is 1.43. The second kappa shape index (κ2) is 4.76. The summed E-state index contributed by atoms with van der Waals surface area (Å²) in [5, 5.41) is 0.926. The van der Waals surface area contributed by atoms with Crippen molar-refractivity contribution in [3.63, 3.8) is 0 Å². The summed E-state index contributed by atoms with van der Waals surface area (Å²) in [6, 6.07) is 5.25. The van der Waals surface area contributed by atoms with Gasteiger partial charge in [-0.3, -0.25) is 4.98 Å². The number of pyridine rings is 1. The molecular formula is C11H9Cl2N3. The monoisotopic (exact) mass is 253 g/mol. The Morgan fingerprint density at radius 3 is 2.75 bits per heavy atom. The lowest BCUT2D eigenvalue weighted by molar-refractivity contribution is 0.998. The molecule has 0 aromatic carbocycles. The number of hydrogen-bond donors (Lipinski definition) is 0. The zero-order chi connectivity index (χ0) is 11.5. The molecule has 0 aliphatic carbocycles. The van der Waals surface area contributed by atoms with Crippen LogP contribution in [0.15, 0.2) is 24.4 Å². The number of aromatic nitrogens is 3. The van der Waals surface area contributed by atoms with Gasteiger partial charge >= 0.3 is 0 Å². The van der Waals surface area contributed by atoms with Gasteiger partial charge in [0.05, 0.1) is 5.02 Å². The number of rotatable bonds is 2. The van der Waals surface area contributed by atoms with Crippen LogP contribution in [-0.4, -0.2) is 15.0 Å². The van der Waals surface area contributed by atoms with E-state index in [0.717, 1.165) is 12.1 Å². The van der Waals surface area contributed by atoms with Gasteiger partial charge in [-0.25, -0.2) is 9.97 Å². The zero-order valence-electron chi connectivity index (χ0n) is 8.61. The molecule has 16 heavy (non-hydrogen) atoms. The van der Waals surface area contributed by atoms with Gasteiger partial charge < -0.3 is 0 Å². The summed E-state index contributed by atoms with van der Waals surface area (Å²) in [6.07, 6.45) is 2.44. The minimum absolute atomic E-state index is 0.406. The second-order valence-corrected chi connectivity index (χ2v) is 3.99. The summed E-state index contributed by atoms with van der Waals surface area (Å²) in [6.45, 7) is 2.00. The minimum Gasteiger partial charge on any atom is -0.251 e. The van der Waals surface area contributed by atoms with Crippen LogP contribution in [0.2, 0.25) is 10.2 Å². The van der Waals surface area contributed by atoms with Crippen molar-refractivity contribution in [3.8, 4) is 11.5 Å². The Kier molecular flexibility index (Phi) is 3.36. The Bertz CT molecular complexity index is 514. The number of hydrogen-bond acceptors (Lipinski definition) is 3. The van der Waals surface area contributed by atoms with Crippen LogP contribution in [0, 0.1) is 0 Å². The normalized spacial score (nSPS) is 10.4. The lowest BCUT2D eigenvalue weighted by Gasteiger charge is -2.04. The van der Waals surface area contributed by atoms with Crippen LogP contribution in [0.3, 0.4) is 0 Å². The largest absolute Gasteiger partial charge is 0.251 e. The molecule has 0 saturated carbocycles. The standard InChI is InChI=1S/C11H9Cl2N3/c1-2-7-6-9(13)16-11(15-7)10-8(12)4-3-5-14-10/h3-6H,2H2,1H3. The maximum Gasteiger partial charge on any atom is 0.181 e. The van der Waals surface area contributed by atoms with Crippen molar-refractivity contribution in [2.45, 2.75) is 13.3 Å². The van der Waals surface area contributed by atoms with Crippen LogP contribution in [0.25, 0.3) is 11.5 Å². The molecule has 0 aliphatic heterocycles. The van der Waals surface area contributed by atoms with Gasteiger partial charge in [0.25, 0.3) is 0 Å². The van der Waals surface area contributed by atoms with Gasteiger partial charge in [0.15, 0.2) is 5.82 Å². The van der Waals surface area contributed by atoms with Crippen LogP contribution in [0.5, 0.6) is 0 Å². The van der Waals surface area contributed by atoms with E-state index in [-0.39, 0.29) is 0 Å². The Labute approximate surface area is 103 Å².